The number of anilines is 1. The monoisotopic (exact) mass is 361 g/mol. The van der Waals surface area contributed by atoms with Crippen LogP contribution in [0.5, 0.6) is 0 Å². The largest absolute Gasteiger partial charge is 0.480 e. The molecule has 0 aromatic heterocycles. The Morgan fingerprint density at radius 2 is 1.81 bits per heavy atom. The number of rotatable bonds is 7. The lowest BCUT2D eigenvalue weighted by atomic mass is 10.0. The lowest BCUT2D eigenvalue weighted by molar-refractivity contribution is -0.145. The average Bonchev–Trinajstić information content (AvgIpc) is 2.63. The lowest BCUT2D eigenvalue weighted by Crippen LogP contribution is -2.47. The van der Waals surface area contributed by atoms with Gasteiger partial charge in [-0.1, -0.05) is 6.42 Å². The van der Waals surface area contributed by atoms with Gasteiger partial charge in [0.25, 0.3) is 5.91 Å². The van der Waals surface area contributed by atoms with Gasteiger partial charge in [0.15, 0.2) is 0 Å². The predicted octanol–water partition coefficient (Wildman–Crippen LogP) is 2.05. The number of piperidine rings is 1. The van der Waals surface area contributed by atoms with Crippen molar-refractivity contribution < 1.29 is 19.5 Å². The average molecular weight is 361 g/mol. The van der Waals surface area contributed by atoms with Crippen molar-refractivity contribution in [2.24, 2.45) is 0 Å². The van der Waals surface area contributed by atoms with Gasteiger partial charge in [-0.15, -0.1) is 0 Å². The highest BCUT2D eigenvalue weighted by atomic mass is 16.4. The summed E-state index contributed by atoms with van der Waals surface area (Å²) in [6.45, 7) is 5.82. The number of likely N-dealkylation sites (tertiary alicyclic amines) is 1. The number of hydrogen-bond donors (Lipinski definition) is 2. The Bertz CT molecular complexity index is 641. The van der Waals surface area contributed by atoms with E-state index in [9.17, 15) is 19.5 Å². The minimum Gasteiger partial charge on any atom is -0.480 e. The zero-order chi connectivity index (χ0) is 19.1. The summed E-state index contributed by atoms with van der Waals surface area (Å²) < 4.78 is 0. The van der Waals surface area contributed by atoms with Crippen LogP contribution in [0.4, 0.5) is 5.69 Å². The summed E-state index contributed by atoms with van der Waals surface area (Å²) in [5.74, 6) is -1.16. The van der Waals surface area contributed by atoms with Gasteiger partial charge in [-0.3, -0.25) is 19.3 Å². The van der Waals surface area contributed by atoms with Crippen LogP contribution < -0.4 is 5.32 Å². The molecule has 1 aliphatic rings. The van der Waals surface area contributed by atoms with E-state index in [2.05, 4.69) is 5.32 Å². The molecule has 7 nitrogen and oxygen atoms in total. The number of carbonyl (C=O) groups excluding carboxylic acids is 2. The Morgan fingerprint density at radius 1 is 1.15 bits per heavy atom. The molecule has 1 heterocycles. The molecule has 26 heavy (non-hydrogen) atoms. The maximum absolute atomic E-state index is 12.3. The maximum atomic E-state index is 12.3. The highest BCUT2D eigenvalue weighted by Gasteiger charge is 2.29. The molecule has 1 aliphatic heterocycles. The number of amides is 2. The first kappa shape index (κ1) is 19.9. The summed E-state index contributed by atoms with van der Waals surface area (Å²) in [5, 5.41) is 12.0. The van der Waals surface area contributed by atoms with Crippen LogP contribution in [0.3, 0.4) is 0 Å². The van der Waals surface area contributed by atoms with Gasteiger partial charge >= 0.3 is 5.97 Å². The van der Waals surface area contributed by atoms with E-state index in [1.54, 1.807) is 34.1 Å². The molecule has 1 unspecified atom stereocenters. The first-order chi connectivity index (χ1) is 12.5. The van der Waals surface area contributed by atoms with Crippen molar-refractivity contribution in [2.75, 3.05) is 31.5 Å². The molecule has 1 atom stereocenters. The fourth-order valence-corrected chi connectivity index (χ4v) is 3.23. The van der Waals surface area contributed by atoms with Crippen LogP contribution in [0.2, 0.25) is 0 Å². The van der Waals surface area contributed by atoms with E-state index in [-0.39, 0.29) is 18.4 Å². The molecule has 0 saturated carbocycles. The molecular formula is C19H27N3O4. The maximum Gasteiger partial charge on any atom is 0.320 e. The zero-order valence-corrected chi connectivity index (χ0v) is 15.4. The quantitative estimate of drug-likeness (QED) is 0.776. The molecule has 2 N–H and O–H groups in total. The number of carboxylic acids is 1. The number of nitrogens with one attached hydrogen (secondary N) is 1. The van der Waals surface area contributed by atoms with Gasteiger partial charge in [-0.25, -0.2) is 0 Å². The molecule has 0 bridgehead atoms. The van der Waals surface area contributed by atoms with E-state index in [1.807, 2.05) is 13.8 Å². The number of aliphatic carboxylic acids is 1. The van der Waals surface area contributed by atoms with Crippen molar-refractivity contribution in [3.8, 4) is 0 Å². The lowest BCUT2D eigenvalue weighted by Gasteiger charge is -2.32. The smallest absolute Gasteiger partial charge is 0.320 e. The third-order valence-electron chi connectivity index (χ3n) is 4.71. The fourth-order valence-electron chi connectivity index (χ4n) is 3.23. The normalized spacial score (nSPS) is 17.5. The van der Waals surface area contributed by atoms with Crippen molar-refractivity contribution in [3.05, 3.63) is 29.8 Å². The van der Waals surface area contributed by atoms with E-state index < -0.39 is 12.0 Å². The summed E-state index contributed by atoms with van der Waals surface area (Å²) in [5.41, 5.74) is 1.17. The number of carboxylic acid groups (broad SMARTS) is 1. The van der Waals surface area contributed by atoms with Crippen LogP contribution >= 0.6 is 0 Å². The van der Waals surface area contributed by atoms with Gasteiger partial charge in [-0.2, -0.15) is 0 Å². The van der Waals surface area contributed by atoms with E-state index in [1.165, 1.54) is 0 Å². The van der Waals surface area contributed by atoms with Gasteiger partial charge in [0.05, 0.1) is 6.54 Å². The van der Waals surface area contributed by atoms with Crippen LogP contribution in [0.1, 0.15) is 43.5 Å². The Hall–Kier alpha value is -2.41. The van der Waals surface area contributed by atoms with Crippen molar-refractivity contribution in [1.82, 2.24) is 9.80 Å². The SMILES string of the molecule is CCN(CC)C(=O)c1ccc(NC(=O)CN2CCCCC2C(=O)O)cc1. The number of nitrogens with zero attached hydrogens (tertiary/aromatic N) is 2. The second-order valence-electron chi connectivity index (χ2n) is 6.42. The highest BCUT2D eigenvalue weighted by molar-refractivity contribution is 5.96. The first-order valence-corrected chi connectivity index (χ1v) is 9.12. The van der Waals surface area contributed by atoms with Crippen LogP contribution in [0.25, 0.3) is 0 Å². The number of hydrogen-bond acceptors (Lipinski definition) is 4. The third kappa shape index (κ3) is 5.05. The summed E-state index contributed by atoms with van der Waals surface area (Å²) in [6.07, 6.45) is 2.35. The minimum atomic E-state index is -0.878. The second kappa shape index (κ2) is 9.33. The zero-order valence-electron chi connectivity index (χ0n) is 15.4. The van der Waals surface area contributed by atoms with Crippen molar-refractivity contribution in [1.29, 1.82) is 0 Å². The van der Waals surface area contributed by atoms with E-state index >= 15 is 0 Å². The Morgan fingerprint density at radius 3 is 2.38 bits per heavy atom. The Balaban J connectivity index is 1.94. The molecule has 7 heteroatoms. The van der Waals surface area contributed by atoms with Gasteiger partial charge in [0.2, 0.25) is 5.91 Å². The molecule has 1 saturated heterocycles. The van der Waals surface area contributed by atoms with Gasteiger partial charge in [0, 0.05) is 24.3 Å². The molecule has 2 rings (SSSR count). The molecule has 1 aromatic rings. The molecule has 142 valence electrons. The minimum absolute atomic E-state index is 0.0366. The summed E-state index contributed by atoms with van der Waals surface area (Å²) in [7, 11) is 0. The molecule has 0 spiro atoms. The fraction of sp³-hybridized carbons (Fsp3) is 0.526. The number of carbonyl (C=O) groups is 3. The van der Waals surface area contributed by atoms with Gasteiger partial charge in [-0.05, 0) is 57.5 Å². The van der Waals surface area contributed by atoms with Crippen molar-refractivity contribution >= 4 is 23.5 Å². The van der Waals surface area contributed by atoms with Crippen molar-refractivity contribution in [2.45, 2.75) is 39.2 Å². The highest BCUT2D eigenvalue weighted by Crippen LogP contribution is 2.17. The summed E-state index contributed by atoms with van der Waals surface area (Å²) >= 11 is 0. The van der Waals surface area contributed by atoms with Crippen LogP contribution in [0.15, 0.2) is 24.3 Å². The second-order valence-corrected chi connectivity index (χ2v) is 6.42. The summed E-state index contributed by atoms with van der Waals surface area (Å²) in [4.78, 5) is 39.3. The van der Waals surface area contributed by atoms with Crippen LogP contribution in [0, 0.1) is 0 Å². The molecule has 1 aromatic carbocycles. The van der Waals surface area contributed by atoms with Crippen molar-refractivity contribution in [3.63, 3.8) is 0 Å². The molecular weight excluding hydrogens is 334 g/mol. The molecule has 0 aliphatic carbocycles. The van der Waals surface area contributed by atoms with Crippen LogP contribution in [-0.4, -0.2) is 64.9 Å². The predicted molar refractivity (Wildman–Crippen MR) is 99.2 cm³/mol. The number of benzene rings is 1. The van der Waals surface area contributed by atoms with E-state index in [4.69, 9.17) is 0 Å². The third-order valence-corrected chi connectivity index (χ3v) is 4.71. The molecule has 0 radical (unpaired) electrons. The van der Waals surface area contributed by atoms with E-state index in [0.717, 1.165) is 12.8 Å². The molecule has 1 fully saturated rings. The topological polar surface area (TPSA) is 90.0 Å². The molecule has 2 amide bonds. The Kier molecular flexibility index (Phi) is 7.15. The van der Waals surface area contributed by atoms with Gasteiger partial charge in [0.1, 0.15) is 6.04 Å². The Labute approximate surface area is 154 Å². The first-order valence-electron chi connectivity index (χ1n) is 9.12. The van der Waals surface area contributed by atoms with Gasteiger partial charge < -0.3 is 15.3 Å². The summed E-state index contributed by atoms with van der Waals surface area (Å²) in [6, 6.07) is 6.18. The van der Waals surface area contributed by atoms with E-state index in [0.29, 0.717) is 37.3 Å². The van der Waals surface area contributed by atoms with Crippen LogP contribution in [-0.2, 0) is 9.59 Å². The standard InChI is InChI=1S/C19H27N3O4/c1-3-21(4-2)18(24)14-8-10-15(11-9-14)20-17(23)13-22-12-6-5-7-16(22)19(25)26/h8-11,16H,3-7,12-13H2,1-2H3,(H,20,23)(H,25,26).